The lowest BCUT2D eigenvalue weighted by Gasteiger charge is -2.17. The van der Waals surface area contributed by atoms with E-state index in [4.69, 9.17) is 28.7 Å². The van der Waals surface area contributed by atoms with Gasteiger partial charge in [0.05, 0.1) is 25.9 Å². The van der Waals surface area contributed by atoms with Crippen molar-refractivity contribution in [3.05, 3.63) is 65.2 Å². The van der Waals surface area contributed by atoms with Gasteiger partial charge in [0.1, 0.15) is 37.0 Å². The van der Waals surface area contributed by atoms with Crippen molar-refractivity contribution in [3.63, 3.8) is 0 Å². The monoisotopic (exact) mass is 414 g/mol. The first-order valence-electron chi connectivity index (χ1n) is 9.58. The molecule has 4 rings (SSSR count). The van der Waals surface area contributed by atoms with Crippen molar-refractivity contribution in [2.24, 2.45) is 0 Å². The second-order valence-corrected chi connectivity index (χ2v) is 7.02. The molecule has 2 aromatic carbocycles. The molecule has 2 aromatic rings. The zero-order valence-corrected chi connectivity index (χ0v) is 16.4. The summed E-state index contributed by atoms with van der Waals surface area (Å²) in [5, 5.41) is 0. The minimum Gasteiger partial charge on any atom is -0.497 e. The van der Waals surface area contributed by atoms with Crippen LogP contribution in [0.25, 0.3) is 0 Å². The molecule has 8 heteroatoms. The number of carbonyl (C=O) groups is 2. The van der Waals surface area contributed by atoms with Crippen molar-refractivity contribution in [3.8, 4) is 5.75 Å². The van der Waals surface area contributed by atoms with Crippen molar-refractivity contribution in [1.29, 1.82) is 0 Å². The predicted molar refractivity (Wildman–Crippen MR) is 103 cm³/mol. The van der Waals surface area contributed by atoms with E-state index in [0.717, 1.165) is 11.8 Å². The molecule has 2 fully saturated rings. The first-order chi connectivity index (χ1) is 14.7. The molecule has 2 aliphatic rings. The fourth-order valence-corrected chi connectivity index (χ4v) is 3.43. The number of esters is 1. The summed E-state index contributed by atoms with van der Waals surface area (Å²) in [5.41, 5.74) is 1.89. The summed E-state index contributed by atoms with van der Waals surface area (Å²) in [4.78, 5) is 33.9. The van der Waals surface area contributed by atoms with Gasteiger partial charge in [-0.15, -0.1) is 0 Å². The molecule has 0 aromatic heterocycles. The van der Waals surface area contributed by atoms with Crippen molar-refractivity contribution in [2.45, 2.75) is 31.0 Å². The van der Waals surface area contributed by atoms with E-state index >= 15 is 0 Å². The zero-order chi connectivity index (χ0) is 20.9. The standard InChI is InChI=1S/C22H22O8/c1-25-17-8-6-16(7-9-17)22(24)29-18-12-26-21-19(13-27-20(18)21)30-28-11-15-4-2-14(10-23)3-5-15/h2-10,18-21H,11-13H2,1H3/t18?,19-,20-,21-/m1/s1. The fraction of sp³-hybridized carbons (Fsp3) is 0.364. The first-order valence-corrected chi connectivity index (χ1v) is 9.58. The summed E-state index contributed by atoms with van der Waals surface area (Å²) in [5.74, 6) is 0.213. The van der Waals surface area contributed by atoms with Crippen LogP contribution in [0.3, 0.4) is 0 Å². The number of carbonyl (C=O) groups excluding carboxylic acids is 2. The number of fused-ring (bicyclic) bond motifs is 1. The number of rotatable bonds is 8. The Morgan fingerprint density at radius 3 is 2.33 bits per heavy atom. The largest absolute Gasteiger partial charge is 0.497 e. The van der Waals surface area contributed by atoms with E-state index in [1.807, 2.05) is 0 Å². The number of hydrogen-bond acceptors (Lipinski definition) is 8. The summed E-state index contributed by atoms with van der Waals surface area (Å²) in [6.45, 7) is 0.725. The molecule has 30 heavy (non-hydrogen) atoms. The minimum absolute atomic E-state index is 0.225. The van der Waals surface area contributed by atoms with Crippen molar-refractivity contribution >= 4 is 12.3 Å². The highest BCUT2D eigenvalue weighted by Crippen LogP contribution is 2.31. The third-order valence-corrected chi connectivity index (χ3v) is 5.08. The maximum atomic E-state index is 12.4. The highest BCUT2D eigenvalue weighted by Gasteiger charge is 2.50. The molecule has 0 aliphatic carbocycles. The van der Waals surface area contributed by atoms with Crippen molar-refractivity contribution < 1.29 is 38.3 Å². The molecule has 2 aliphatic heterocycles. The Labute approximate surface area is 173 Å². The number of ether oxygens (including phenoxy) is 4. The number of methoxy groups -OCH3 is 1. The van der Waals surface area contributed by atoms with E-state index in [9.17, 15) is 9.59 Å². The maximum Gasteiger partial charge on any atom is 0.338 e. The summed E-state index contributed by atoms with van der Waals surface area (Å²) in [6, 6.07) is 13.7. The average Bonchev–Trinajstić information content (AvgIpc) is 3.37. The van der Waals surface area contributed by atoms with Gasteiger partial charge in [-0.25, -0.2) is 14.6 Å². The normalized spacial score (nSPS) is 25.0. The third kappa shape index (κ3) is 4.52. The Hall–Kier alpha value is -2.78. The van der Waals surface area contributed by atoms with E-state index in [2.05, 4.69) is 0 Å². The molecule has 2 saturated heterocycles. The average molecular weight is 414 g/mol. The van der Waals surface area contributed by atoms with Crippen LogP contribution in [0.15, 0.2) is 48.5 Å². The van der Waals surface area contributed by atoms with E-state index in [0.29, 0.717) is 16.9 Å². The van der Waals surface area contributed by atoms with E-state index in [-0.39, 0.29) is 25.9 Å². The van der Waals surface area contributed by atoms with Gasteiger partial charge < -0.3 is 18.9 Å². The van der Waals surface area contributed by atoms with Crippen molar-refractivity contribution in [1.82, 2.24) is 0 Å². The summed E-state index contributed by atoms with van der Waals surface area (Å²) in [7, 11) is 1.56. The van der Waals surface area contributed by atoms with Crippen LogP contribution in [0.1, 0.15) is 26.3 Å². The number of hydrogen-bond donors (Lipinski definition) is 0. The smallest absolute Gasteiger partial charge is 0.338 e. The van der Waals surface area contributed by atoms with Crippen LogP contribution in [-0.4, -0.2) is 57.0 Å². The lowest BCUT2D eigenvalue weighted by atomic mass is 10.1. The molecule has 0 radical (unpaired) electrons. The Morgan fingerprint density at radius 1 is 1.00 bits per heavy atom. The summed E-state index contributed by atoms with van der Waals surface area (Å²) >= 11 is 0. The first kappa shape index (κ1) is 20.5. The van der Waals surface area contributed by atoms with Crippen LogP contribution >= 0.6 is 0 Å². The molecule has 8 nitrogen and oxygen atoms in total. The topological polar surface area (TPSA) is 89.5 Å². The molecule has 4 atom stereocenters. The molecule has 0 bridgehead atoms. The Balaban J connectivity index is 1.26. The quantitative estimate of drug-likeness (QED) is 0.281. The highest BCUT2D eigenvalue weighted by molar-refractivity contribution is 5.89. The second-order valence-electron chi connectivity index (χ2n) is 7.02. The second kappa shape index (κ2) is 9.36. The van der Waals surface area contributed by atoms with Gasteiger partial charge in [-0.2, -0.15) is 0 Å². The van der Waals surface area contributed by atoms with Crippen molar-refractivity contribution in [2.75, 3.05) is 20.3 Å². The SMILES string of the molecule is COc1ccc(C(=O)OC2CO[C@H]3[C@@H]2OC[C@H]3OOCc2ccc(C=O)cc2)cc1. The lowest BCUT2D eigenvalue weighted by Crippen LogP contribution is -2.35. The molecule has 2 heterocycles. The molecular formula is C22H22O8. The molecule has 0 spiro atoms. The van der Waals surface area contributed by atoms with Crippen LogP contribution < -0.4 is 4.74 Å². The molecule has 0 saturated carbocycles. The van der Waals surface area contributed by atoms with E-state index < -0.39 is 24.3 Å². The van der Waals surface area contributed by atoms with Gasteiger partial charge in [-0.3, -0.25) is 4.79 Å². The summed E-state index contributed by atoms with van der Waals surface area (Å²) < 4.78 is 22.1. The highest BCUT2D eigenvalue weighted by atomic mass is 17.2. The number of benzene rings is 2. The molecular weight excluding hydrogens is 392 g/mol. The van der Waals surface area contributed by atoms with E-state index in [1.54, 1.807) is 55.6 Å². The third-order valence-electron chi connectivity index (χ3n) is 5.08. The van der Waals surface area contributed by atoms with Crippen LogP contribution in [0.4, 0.5) is 0 Å². The molecule has 0 amide bonds. The fourth-order valence-electron chi connectivity index (χ4n) is 3.43. The minimum atomic E-state index is -0.519. The van der Waals surface area contributed by atoms with Gasteiger partial charge in [-0.05, 0) is 29.8 Å². The van der Waals surface area contributed by atoms with Gasteiger partial charge in [0.2, 0.25) is 0 Å². The summed E-state index contributed by atoms with van der Waals surface area (Å²) in [6.07, 6.45) is -0.946. The predicted octanol–water partition coefficient (Wildman–Crippen LogP) is 2.35. The van der Waals surface area contributed by atoms with Gasteiger partial charge in [0, 0.05) is 5.56 Å². The Morgan fingerprint density at radius 2 is 1.67 bits per heavy atom. The van der Waals surface area contributed by atoms with Crippen LogP contribution in [-0.2, 0) is 30.6 Å². The van der Waals surface area contributed by atoms with E-state index in [1.165, 1.54) is 0 Å². The zero-order valence-electron chi connectivity index (χ0n) is 16.4. The van der Waals surface area contributed by atoms with Crippen LogP contribution in [0, 0.1) is 0 Å². The molecule has 158 valence electrons. The van der Waals surface area contributed by atoms with Gasteiger partial charge >= 0.3 is 5.97 Å². The molecule has 1 unspecified atom stereocenters. The molecule has 0 N–H and O–H groups in total. The Bertz CT molecular complexity index is 864. The van der Waals surface area contributed by atoms with Gasteiger partial charge in [-0.1, -0.05) is 24.3 Å². The van der Waals surface area contributed by atoms with Gasteiger partial charge in [0.15, 0.2) is 6.10 Å². The van der Waals surface area contributed by atoms with Crippen LogP contribution in [0.2, 0.25) is 0 Å². The van der Waals surface area contributed by atoms with Crippen LogP contribution in [0.5, 0.6) is 5.75 Å². The number of aldehydes is 1. The van der Waals surface area contributed by atoms with Gasteiger partial charge in [0.25, 0.3) is 0 Å². The lowest BCUT2D eigenvalue weighted by molar-refractivity contribution is -0.341. The maximum absolute atomic E-state index is 12.4. The Kier molecular flexibility index (Phi) is 6.39.